The Morgan fingerprint density at radius 1 is 1.16 bits per heavy atom. The molecule has 5 aliphatic rings. The third-order valence-corrected chi connectivity index (χ3v) is 5.30. The number of carboxylic acid groups (broad SMARTS) is 1. The molecule has 5 heteroatoms. The van der Waals surface area contributed by atoms with Crippen molar-refractivity contribution in [2.75, 3.05) is 6.54 Å². The van der Waals surface area contributed by atoms with Crippen LogP contribution in [0.1, 0.15) is 12.8 Å². The van der Waals surface area contributed by atoms with E-state index in [0.717, 1.165) is 6.42 Å². The first-order valence-corrected chi connectivity index (χ1v) is 6.85. The van der Waals surface area contributed by atoms with Gasteiger partial charge in [-0.2, -0.15) is 0 Å². The molecule has 6 unspecified atom stereocenters. The molecule has 0 radical (unpaired) electrons. The Bertz CT molecular complexity index is 490. The van der Waals surface area contributed by atoms with Crippen LogP contribution in [0.2, 0.25) is 0 Å². The van der Waals surface area contributed by atoms with Crippen LogP contribution in [-0.2, 0) is 14.4 Å². The van der Waals surface area contributed by atoms with E-state index in [1.165, 1.54) is 4.90 Å². The molecule has 5 rings (SSSR count). The molecule has 2 amide bonds. The number of hydrogen-bond acceptors (Lipinski definition) is 3. The number of aliphatic carboxylic acids is 1. The summed E-state index contributed by atoms with van der Waals surface area (Å²) in [6.07, 6.45) is 5.22. The number of rotatable bonds is 3. The van der Waals surface area contributed by atoms with Crippen molar-refractivity contribution in [3.63, 3.8) is 0 Å². The average molecular weight is 261 g/mol. The highest BCUT2D eigenvalue weighted by atomic mass is 16.4. The Kier molecular flexibility index (Phi) is 2.04. The highest BCUT2D eigenvalue weighted by Crippen LogP contribution is 2.65. The number of likely N-dealkylation sites (tertiary alicyclic amines) is 1. The second kappa shape index (κ2) is 3.46. The quantitative estimate of drug-likeness (QED) is 0.593. The minimum atomic E-state index is -0.973. The van der Waals surface area contributed by atoms with E-state index in [0.29, 0.717) is 11.8 Å². The third-order valence-electron chi connectivity index (χ3n) is 5.30. The van der Waals surface area contributed by atoms with Gasteiger partial charge in [-0.25, -0.2) is 0 Å². The van der Waals surface area contributed by atoms with Gasteiger partial charge in [0, 0.05) is 6.54 Å². The van der Waals surface area contributed by atoms with E-state index < -0.39 is 5.97 Å². The maximum Gasteiger partial charge on any atom is 0.305 e. The fraction of sp³-hybridized carbons (Fsp3) is 0.643. The molecule has 2 saturated carbocycles. The van der Waals surface area contributed by atoms with Crippen LogP contribution in [0.5, 0.6) is 0 Å². The van der Waals surface area contributed by atoms with E-state index in [2.05, 4.69) is 12.2 Å². The summed E-state index contributed by atoms with van der Waals surface area (Å²) in [4.78, 5) is 36.6. The van der Waals surface area contributed by atoms with E-state index in [1.54, 1.807) is 0 Å². The van der Waals surface area contributed by atoms with Crippen LogP contribution in [0, 0.1) is 35.5 Å². The summed E-state index contributed by atoms with van der Waals surface area (Å²) in [7, 11) is 0. The molecule has 0 spiro atoms. The molecule has 1 saturated heterocycles. The molecular weight excluding hydrogens is 246 g/mol. The monoisotopic (exact) mass is 261 g/mol. The highest BCUT2D eigenvalue weighted by Gasteiger charge is 2.66. The lowest BCUT2D eigenvalue weighted by molar-refractivity contribution is -0.142. The van der Waals surface area contributed by atoms with Gasteiger partial charge in [0.1, 0.15) is 0 Å². The number of allylic oxidation sites excluding steroid dienone is 2. The van der Waals surface area contributed by atoms with E-state index >= 15 is 0 Å². The van der Waals surface area contributed by atoms with Gasteiger partial charge in [-0.1, -0.05) is 12.2 Å². The summed E-state index contributed by atoms with van der Waals surface area (Å²) >= 11 is 0. The Balaban J connectivity index is 1.63. The molecule has 0 aromatic carbocycles. The first kappa shape index (κ1) is 11.2. The van der Waals surface area contributed by atoms with Crippen LogP contribution >= 0.6 is 0 Å². The molecule has 0 aromatic heterocycles. The number of hydrogen-bond donors (Lipinski definition) is 1. The zero-order valence-corrected chi connectivity index (χ0v) is 10.4. The molecule has 100 valence electrons. The Labute approximate surface area is 110 Å². The normalized spacial score (nSPS) is 45.4. The van der Waals surface area contributed by atoms with E-state index in [1.807, 2.05) is 0 Å². The molecule has 6 atom stereocenters. The fourth-order valence-electron chi connectivity index (χ4n) is 4.45. The van der Waals surface area contributed by atoms with Crippen molar-refractivity contribution >= 4 is 17.8 Å². The molecule has 3 fully saturated rings. The van der Waals surface area contributed by atoms with Crippen molar-refractivity contribution in [2.45, 2.75) is 12.8 Å². The standard InChI is InChI=1S/C14H15NO4/c16-10(17)3-4-15-13(18)11-6-1-2-7(9-5-8(6)9)12(11)14(15)19/h1-2,6-9,11-12H,3-5H2,(H,16,17). The lowest BCUT2D eigenvalue weighted by atomic mass is 9.63. The van der Waals surface area contributed by atoms with Crippen LogP contribution < -0.4 is 0 Å². The molecular formula is C14H15NO4. The lowest BCUT2D eigenvalue weighted by Crippen LogP contribution is -2.40. The Morgan fingerprint density at radius 3 is 2.16 bits per heavy atom. The number of imide groups is 1. The minimum absolute atomic E-state index is 0.0226. The zero-order chi connectivity index (χ0) is 13.3. The van der Waals surface area contributed by atoms with Gasteiger partial charge in [-0.15, -0.1) is 0 Å². The number of carbonyl (C=O) groups excluding carboxylic acids is 2. The molecule has 19 heavy (non-hydrogen) atoms. The van der Waals surface area contributed by atoms with Crippen LogP contribution in [0.15, 0.2) is 12.2 Å². The van der Waals surface area contributed by atoms with Crippen molar-refractivity contribution < 1.29 is 19.5 Å². The van der Waals surface area contributed by atoms with Crippen molar-refractivity contribution in [3.05, 3.63) is 12.2 Å². The predicted octanol–water partition coefficient (Wildman–Crippen LogP) is 0.514. The van der Waals surface area contributed by atoms with Gasteiger partial charge >= 0.3 is 5.97 Å². The molecule has 4 aliphatic carbocycles. The summed E-state index contributed by atoms with van der Waals surface area (Å²) in [5.41, 5.74) is 0. The van der Waals surface area contributed by atoms with E-state index in [-0.39, 0.29) is 48.5 Å². The lowest BCUT2D eigenvalue weighted by Gasteiger charge is -2.37. The average Bonchev–Trinajstić information content (AvgIpc) is 3.14. The molecule has 1 aliphatic heterocycles. The van der Waals surface area contributed by atoms with Crippen LogP contribution in [0.4, 0.5) is 0 Å². The second-order valence-corrected chi connectivity index (χ2v) is 6.13. The smallest absolute Gasteiger partial charge is 0.305 e. The Morgan fingerprint density at radius 2 is 1.68 bits per heavy atom. The van der Waals surface area contributed by atoms with Gasteiger partial charge in [-0.3, -0.25) is 19.3 Å². The molecule has 5 nitrogen and oxygen atoms in total. The summed E-state index contributed by atoms with van der Waals surface area (Å²) in [5.74, 6) is -0.0567. The van der Waals surface area contributed by atoms with E-state index in [4.69, 9.17) is 5.11 Å². The molecule has 1 N–H and O–H groups in total. The van der Waals surface area contributed by atoms with Gasteiger partial charge in [-0.05, 0) is 30.1 Å². The first-order valence-electron chi connectivity index (χ1n) is 6.85. The van der Waals surface area contributed by atoms with Gasteiger partial charge < -0.3 is 5.11 Å². The van der Waals surface area contributed by atoms with Gasteiger partial charge in [0.15, 0.2) is 0 Å². The van der Waals surface area contributed by atoms with Crippen LogP contribution in [0.25, 0.3) is 0 Å². The summed E-state index contributed by atoms with van der Waals surface area (Å²) in [6, 6.07) is 0. The number of nitrogens with zero attached hydrogens (tertiary/aromatic N) is 1. The summed E-state index contributed by atoms with van der Waals surface area (Å²) < 4.78 is 0. The minimum Gasteiger partial charge on any atom is -0.481 e. The maximum atomic E-state index is 12.4. The molecule has 0 aromatic rings. The van der Waals surface area contributed by atoms with Crippen molar-refractivity contribution in [2.24, 2.45) is 35.5 Å². The van der Waals surface area contributed by atoms with Gasteiger partial charge in [0.25, 0.3) is 0 Å². The van der Waals surface area contributed by atoms with Crippen molar-refractivity contribution in [1.29, 1.82) is 0 Å². The van der Waals surface area contributed by atoms with Crippen LogP contribution in [-0.4, -0.2) is 34.3 Å². The summed E-state index contributed by atoms with van der Waals surface area (Å²) in [6.45, 7) is 0.0226. The first-order chi connectivity index (χ1) is 9.09. The molecule has 1 heterocycles. The predicted molar refractivity (Wildman–Crippen MR) is 63.7 cm³/mol. The number of carboxylic acids is 1. The largest absolute Gasteiger partial charge is 0.481 e. The van der Waals surface area contributed by atoms with Crippen molar-refractivity contribution in [3.8, 4) is 0 Å². The third kappa shape index (κ3) is 1.33. The highest BCUT2D eigenvalue weighted by molar-refractivity contribution is 6.06. The maximum absolute atomic E-state index is 12.4. The van der Waals surface area contributed by atoms with E-state index in [9.17, 15) is 14.4 Å². The second-order valence-electron chi connectivity index (χ2n) is 6.13. The van der Waals surface area contributed by atoms with Gasteiger partial charge in [0.2, 0.25) is 11.8 Å². The number of carbonyl (C=O) groups is 3. The summed E-state index contributed by atoms with van der Waals surface area (Å²) in [5, 5.41) is 8.71. The fourth-order valence-corrected chi connectivity index (χ4v) is 4.45. The Hall–Kier alpha value is -1.65. The van der Waals surface area contributed by atoms with Crippen molar-refractivity contribution in [1.82, 2.24) is 4.90 Å². The number of amides is 2. The zero-order valence-electron chi connectivity index (χ0n) is 10.4. The SMILES string of the molecule is O=C(O)CCN1C(=O)C2C3C=CC(C4CC34)C2C1=O. The van der Waals surface area contributed by atoms with Crippen LogP contribution in [0.3, 0.4) is 0 Å². The topological polar surface area (TPSA) is 74.7 Å². The molecule has 2 bridgehead atoms. The van der Waals surface area contributed by atoms with Gasteiger partial charge in [0.05, 0.1) is 18.3 Å².